The molecular formula is C19H17ClFeN2O+2. The molecule has 0 unspecified atom stereocenters. The average molecular weight is 381 g/mol. The number of nitrogens with zero attached hydrogens (tertiary/aromatic N) is 1. The van der Waals surface area contributed by atoms with Crippen LogP contribution in [0.1, 0.15) is 17.3 Å². The predicted molar refractivity (Wildman–Crippen MR) is 94.0 cm³/mol. The summed E-state index contributed by atoms with van der Waals surface area (Å²) >= 11 is 5.92. The van der Waals surface area contributed by atoms with Crippen molar-refractivity contribution in [2.45, 2.75) is 6.92 Å². The van der Waals surface area contributed by atoms with Gasteiger partial charge in [-0.15, -0.1) is 0 Å². The van der Waals surface area contributed by atoms with Gasteiger partial charge in [-0.25, -0.2) is 5.43 Å². The van der Waals surface area contributed by atoms with Gasteiger partial charge in [0.15, 0.2) is 0 Å². The van der Waals surface area contributed by atoms with Crippen LogP contribution in [-0.2, 0) is 17.1 Å². The van der Waals surface area contributed by atoms with E-state index in [0.29, 0.717) is 10.6 Å². The second kappa shape index (κ2) is 11.7. The number of hydrogen-bond acceptors (Lipinski definition) is 2. The molecule has 2 aliphatic rings. The van der Waals surface area contributed by atoms with Crippen LogP contribution in [0.3, 0.4) is 0 Å². The fourth-order valence-corrected chi connectivity index (χ4v) is 2.06. The molecule has 2 aliphatic carbocycles. The molecule has 0 aromatic heterocycles. The molecule has 0 aliphatic heterocycles. The Balaban J connectivity index is 0.000000412. The van der Waals surface area contributed by atoms with Gasteiger partial charge >= 0.3 is 17.1 Å². The molecule has 3 rings (SSSR count). The molecule has 1 N–H and O–H groups in total. The first-order valence-corrected chi connectivity index (χ1v) is 7.54. The summed E-state index contributed by atoms with van der Waals surface area (Å²) in [6, 6.07) is 6.86. The van der Waals surface area contributed by atoms with Gasteiger partial charge in [0.1, 0.15) is 0 Å². The Hall–Kier alpha value is -0.831. The van der Waals surface area contributed by atoms with Crippen LogP contribution in [-0.4, -0.2) is 11.6 Å². The van der Waals surface area contributed by atoms with Crippen molar-refractivity contribution in [3.05, 3.63) is 98.6 Å². The molecule has 24 heavy (non-hydrogen) atoms. The quantitative estimate of drug-likeness (QED) is 0.483. The first-order chi connectivity index (χ1) is 11.2. The van der Waals surface area contributed by atoms with E-state index in [1.54, 1.807) is 24.3 Å². The Kier molecular flexibility index (Phi) is 10.3. The standard InChI is InChI=1S/C14H12ClN2O.C5H5.Fe/c1-10(11-6-2-3-7-11)16-17-14(18)12-8-4-5-9-13(12)15;1-2-4-5-3-1;/h2-9H,1H3,(H,17,18);1-5H;/q;;+2/b16-10-;;. The largest absolute Gasteiger partial charge is 2.00 e. The van der Waals surface area contributed by atoms with E-state index in [9.17, 15) is 4.79 Å². The SMILES string of the molecule is C/C(=N/NC(=O)c1ccccc1Cl)[C]1[CH][CH][CH][CH]1.[CH]1[CH][CH][CH][CH]1.[Fe+2]. The van der Waals surface area contributed by atoms with E-state index in [1.165, 1.54) is 0 Å². The zero-order chi connectivity index (χ0) is 16.5. The van der Waals surface area contributed by atoms with Crippen LogP contribution in [0.25, 0.3) is 0 Å². The minimum absolute atomic E-state index is 0. The number of hydrogen-bond donors (Lipinski definition) is 1. The summed E-state index contributed by atoms with van der Waals surface area (Å²) in [5.41, 5.74) is 3.66. The third-order valence-electron chi connectivity index (χ3n) is 3.08. The molecule has 2 fully saturated rings. The number of carbonyl (C=O) groups is 1. The molecule has 1 aromatic rings. The fraction of sp³-hybridized carbons (Fsp3) is 0.0526. The van der Waals surface area contributed by atoms with Crippen molar-refractivity contribution in [3.8, 4) is 0 Å². The van der Waals surface area contributed by atoms with E-state index >= 15 is 0 Å². The van der Waals surface area contributed by atoms with Crippen molar-refractivity contribution in [1.82, 2.24) is 5.43 Å². The second-order valence-corrected chi connectivity index (χ2v) is 5.16. The summed E-state index contributed by atoms with van der Waals surface area (Å²) in [5, 5.41) is 4.46. The van der Waals surface area contributed by atoms with Crippen molar-refractivity contribution in [3.63, 3.8) is 0 Å². The molecule has 2 saturated carbocycles. The number of carbonyl (C=O) groups excluding carboxylic acids is 1. The molecule has 122 valence electrons. The van der Waals surface area contributed by atoms with Gasteiger partial charge in [-0.1, -0.05) is 23.7 Å². The molecule has 1 amide bonds. The second-order valence-electron chi connectivity index (χ2n) is 4.75. The number of hydrazone groups is 1. The van der Waals surface area contributed by atoms with Gasteiger partial charge in [0.05, 0.1) is 10.6 Å². The molecule has 0 bridgehead atoms. The molecule has 0 saturated heterocycles. The maximum Gasteiger partial charge on any atom is 2.00 e. The van der Waals surface area contributed by atoms with Crippen LogP contribution in [0.5, 0.6) is 0 Å². The Morgan fingerprint density at radius 2 is 1.50 bits per heavy atom. The van der Waals surface area contributed by atoms with Crippen LogP contribution in [0, 0.1) is 63.7 Å². The van der Waals surface area contributed by atoms with Crippen LogP contribution in [0.4, 0.5) is 0 Å². The summed E-state index contributed by atoms with van der Waals surface area (Å²) in [5.74, 6) is 0.668. The zero-order valence-corrected chi connectivity index (χ0v) is 15.0. The van der Waals surface area contributed by atoms with Crippen molar-refractivity contribution < 1.29 is 21.9 Å². The minimum atomic E-state index is -0.313. The Morgan fingerprint density at radius 1 is 0.958 bits per heavy atom. The number of rotatable bonds is 3. The van der Waals surface area contributed by atoms with Gasteiger partial charge in [0, 0.05) is 11.6 Å². The summed E-state index contributed by atoms with van der Waals surface area (Å²) in [6.07, 6.45) is 17.7. The van der Waals surface area contributed by atoms with Crippen LogP contribution < -0.4 is 5.43 Å². The normalized spacial score (nSPS) is 17.7. The van der Waals surface area contributed by atoms with Crippen molar-refractivity contribution in [2.24, 2.45) is 5.10 Å². The van der Waals surface area contributed by atoms with Crippen LogP contribution in [0.15, 0.2) is 29.4 Å². The summed E-state index contributed by atoms with van der Waals surface area (Å²) in [4.78, 5) is 11.8. The maximum atomic E-state index is 11.8. The summed E-state index contributed by atoms with van der Waals surface area (Å²) in [6.45, 7) is 1.84. The first-order valence-electron chi connectivity index (χ1n) is 7.16. The molecule has 3 nitrogen and oxygen atoms in total. The Bertz CT molecular complexity index is 530. The molecular weight excluding hydrogens is 364 g/mol. The minimum Gasteiger partial charge on any atom is -0.267 e. The van der Waals surface area contributed by atoms with Gasteiger partial charge in [-0.2, -0.15) is 5.10 Å². The van der Waals surface area contributed by atoms with Crippen molar-refractivity contribution in [2.75, 3.05) is 0 Å². The van der Waals surface area contributed by atoms with Gasteiger partial charge in [0.2, 0.25) is 0 Å². The van der Waals surface area contributed by atoms with Crippen molar-refractivity contribution in [1.29, 1.82) is 0 Å². The monoisotopic (exact) mass is 380 g/mol. The van der Waals surface area contributed by atoms with E-state index < -0.39 is 0 Å². The van der Waals surface area contributed by atoms with E-state index in [0.717, 1.165) is 11.6 Å². The van der Waals surface area contributed by atoms with Crippen LogP contribution >= 0.6 is 11.6 Å². The number of benzene rings is 1. The molecule has 0 atom stereocenters. The van der Waals surface area contributed by atoms with Crippen molar-refractivity contribution >= 4 is 23.2 Å². The van der Waals surface area contributed by atoms with E-state index in [2.05, 4.69) is 10.5 Å². The summed E-state index contributed by atoms with van der Waals surface area (Å²) in [7, 11) is 0. The topological polar surface area (TPSA) is 41.5 Å². The van der Waals surface area contributed by atoms with Gasteiger partial charge in [-0.05, 0) is 76.8 Å². The Labute approximate surface area is 161 Å². The van der Waals surface area contributed by atoms with E-state index in [4.69, 9.17) is 11.6 Å². The zero-order valence-electron chi connectivity index (χ0n) is 13.1. The Morgan fingerprint density at radius 3 is 2.04 bits per heavy atom. The van der Waals surface area contributed by atoms with Gasteiger partial charge in [0.25, 0.3) is 5.91 Å². The average Bonchev–Trinajstić information content (AvgIpc) is 3.28. The third kappa shape index (κ3) is 6.96. The maximum absolute atomic E-state index is 11.8. The van der Waals surface area contributed by atoms with Crippen LogP contribution in [0.2, 0.25) is 5.02 Å². The fourth-order valence-electron chi connectivity index (χ4n) is 1.84. The smallest absolute Gasteiger partial charge is 0.267 e. The third-order valence-corrected chi connectivity index (χ3v) is 3.41. The molecule has 5 heteroatoms. The first kappa shape index (κ1) is 21.2. The van der Waals surface area contributed by atoms with Gasteiger partial charge in [-0.3, -0.25) is 4.79 Å². The number of nitrogens with one attached hydrogen (secondary N) is 1. The predicted octanol–water partition coefficient (Wildman–Crippen LogP) is 3.87. The molecule has 0 heterocycles. The number of halogens is 1. The summed E-state index contributed by atoms with van der Waals surface area (Å²) < 4.78 is 0. The van der Waals surface area contributed by atoms with Gasteiger partial charge < -0.3 is 0 Å². The molecule has 1 aromatic carbocycles. The van der Waals surface area contributed by atoms with E-state index in [1.807, 2.05) is 64.7 Å². The number of amides is 1. The molecule has 0 spiro atoms. The molecule has 10 radical (unpaired) electrons. The van der Waals surface area contributed by atoms with E-state index in [-0.39, 0.29) is 23.0 Å².